The van der Waals surface area contributed by atoms with Crippen LogP contribution in [-0.4, -0.2) is 55.8 Å². The van der Waals surface area contributed by atoms with E-state index in [1.165, 1.54) is 24.3 Å². The molecule has 2 rings (SSSR count). The Morgan fingerprint density at radius 1 is 0.765 bits per heavy atom. The van der Waals surface area contributed by atoms with E-state index in [0.29, 0.717) is 0 Å². The van der Waals surface area contributed by atoms with Gasteiger partial charge in [0.25, 0.3) is 0 Å². The van der Waals surface area contributed by atoms with Crippen LogP contribution in [0.2, 0.25) is 0 Å². The molecule has 12 heteroatoms. The summed E-state index contributed by atoms with van der Waals surface area (Å²) in [7, 11) is -8.95. The van der Waals surface area contributed by atoms with Crippen molar-refractivity contribution in [3.8, 4) is 0 Å². The first-order valence-electron chi connectivity index (χ1n) is 9.80. The summed E-state index contributed by atoms with van der Waals surface area (Å²) in [6.45, 7) is 5.68. The molecule has 184 valence electrons. The van der Waals surface area contributed by atoms with Crippen LogP contribution in [0.25, 0.3) is 0 Å². The molecule has 0 saturated carbocycles. The zero-order valence-corrected chi connectivity index (χ0v) is 20.6. The van der Waals surface area contributed by atoms with Crippen LogP contribution in [0.1, 0.15) is 25.0 Å². The first kappa shape index (κ1) is 28.7. The van der Waals surface area contributed by atoms with Gasteiger partial charge in [-0.2, -0.15) is 0 Å². The Bertz CT molecular complexity index is 1180. The molecule has 0 spiro atoms. The third-order valence-electron chi connectivity index (χ3n) is 4.68. The maximum absolute atomic E-state index is 13.3. The summed E-state index contributed by atoms with van der Waals surface area (Å²) in [6.07, 6.45) is 1.89. The molecule has 0 amide bonds. The summed E-state index contributed by atoms with van der Waals surface area (Å²) in [4.78, 5) is 23.4. The molecule has 0 radical (unpaired) electrons. The van der Waals surface area contributed by atoms with E-state index in [-0.39, 0.29) is 9.79 Å². The Morgan fingerprint density at radius 2 is 1.09 bits per heavy atom. The zero-order valence-electron chi connectivity index (χ0n) is 19.0. The predicted molar refractivity (Wildman–Crippen MR) is 126 cm³/mol. The zero-order chi connectivity index (χ0) is 26.1. The number of carbonyl (C=O) groups excluding carboxylic acids is 2. The van der Waals surface area contributed by atoms with E-state index in [1.54, 1.807) is 38.1 Å². The lowest BCUT2D eigenvalue weighted by atomic mass is 10.1. The highest BCUT2D eigenvalue weighted by Crippen LogP contribution is 2.31. The average molecular weight is 511 g/mol. The molecule has 34 heavy (non-hydrogen) atoms. The molecule has 0 aliphatic heterocycles. The maximum atomic E-state index is 13.3. The molecule has 0 heterocycles. The van der Waals surface area contributed by atoms with Crippen molar-refractivity contribution in [1.82, 2.24) is 0 Å². The van der Waals surface area contributed by atoms with Crippen molar-refractivity contribution in [3.63, 3.8) is 0 Å². The standard InChI is InChI=1S/C20H22O6S2.C2H4N2O2/c1-13-5-9-17(10-6-13)27(23,24)20(15(3)19(22)16(4)21)28(25,26)18-11-7-14(2)8-12-18;5-3-1-2-4-6/h5-12,15,20H,1-4H3;1-2,5-6H/b;3-1-,4-2-. The SMILES string of the molecule is CC(=O)C(=O)C(C)C(S(=O)(=O)c1ccc(C)cc1)S(=O)(=O)c1ccc(C)cc1.O/N=C\C=N/O. The lowest BCUT2D eigenvalue weighted by molar-refractivity contribution is -0.137. The lowest BCUT2D eigenvalue weighted by Gasteiger charge is -2.23. The summed E-state index contributed by atoms with van der Waals surface area (Å²) in [5, 5.41) is 20.1. The van der Waals surface area contributed by atoms with E-state index in [4.69, 9.17) is 10.4 Å². The fourth-order valence-corrected chi connectivity index (χ4v) is 7.82. The van der Waals surface area contributed by atoms with E-state index in [0.717, 1.165) is 37.4 Å². The quantitative estimate of drug-likeness (QED) is 0.236. The number of benzene rings is 2. The number of nitrogens with zero attached hydrogens (tertiary/aromatic N) is 2. The number of Topliss-reactive ketones (excluding diaryl/α,β-unsaturated/α-hetero) is 2. The summed E-state index contributed by atoms with van der Waals surface area (Å²) >= 11 is 0. The summed E-state index contributed by atoms with van der Waals surface area (Å²) in [6, 6.07) is 11.4. The minimum atomic E-state index is -4.47. The van der Waals surface area contributed by atoms with E-state index in [1.807, 2.05) is 0 Å². The third-order valence-corrected chi connectivity index (χ3v) is 10.1. The van der Waals surface area contributed by atoms with Gasteiger partial charge in [-0.15, -0.1) is 0 Å². The van der Waals surface area contributed by atoms with Crippen LogP contribution in [0, 0.1) is 19.8 Å². The van der Waals surface area contributed by atoms with Crippen LogP contribution < -0.4 is 0 Å². The van der Waals surface area contributed by atoms with Crippen LogP contribution in [0.4, 0.5) is 0 Å². The smallest absolute Gasteiger partial charge is 0.203 e. The molecule has 0 saturated heterocycles. The number of aryl methyl sites for hydroxylation is 2. The second kappa shape index (κ2) is 12.2. The molecule has 0 bridgehead atoms. The van der Waals surface area contributed by atoms with Crippen LogP contribution in [-0.2, 0) is 29.3 Å². The minimum absolute atomic E-state index is 0.220. The highest BCUT2D eigenvalue weighted by molar-refractivity contribution is 8.09. The van der Waals surface area contributed by atoms with Crippen LogP contribution in [0.5, 0.6) is 0 Å². The van der Waals surface area contributed by atoms with Crippen molar-refractivity contribution in [2.45, 2.75) is 42.1 Å². The number of rotatable bonds is 8. The van der Waals surface area contributed by atoms with Gasteiger partial charge in [0.2, 0.25) is 5.78 Å². The lowest BCUT2D eigenvalue weighted by Crippen LogP contribution is -2.41. The van der Waals surface area contributed by atoms with Crippen molar-refractivity contribution < 1.29 is 36.8 Å². The topological polar surface area (TPSA) is 168 Å². The van der Waals surface area contributed by atoms with Gasteiger partial charge in [-0.1, -0.05) is 52.6 Å². The number of oxime groups is 2. The molecule has 0 aromatic heterocycles. The summed E-state index contributed by atoms with van der Waals surface area (Å²) in [5.41, 5.74) is 1.59. The molecular formula is C22H26N2O8S2. The number of sulfone groups is 2. The van der Waals surface area contributed by atoms with Crippen LogP contribution in [0.15, 0.2) is 68.6 Å². The maximum Gasteiger partial charge on any atom is 0.203 e. The molecule has 0 aliphatic carbocycles. The molecule has 1 unspecified atom stereocenters. The summed E-state index contributed by atoms with van der Waals surface area (Å²) in [5.74, 6) is -3.50. The Morgan fingerprint density at radius 3 is 1.35 bits per heavy atom. The Labute approximate surface area is 198 Å². The van der Waals surface area contributed by atoms with Gasteiger partial charge in [0.05, 0.1) is 28.1 Å². The van der Waals surface area contributed by atoms with E-state index in [9.17, 15) is 26.4 Å². The molecule has 0 aliphatic rings. The Kier molecular flexibility index (Phi) is 10.3. The van der Waals surface area contributed by atoms with Gasteiger partial charge in [0.1, 0.15) is 0 Å². The normalized spacial score (nSPS) is 13.0. The number of hydrogen-bond acceptors (Lipinski definition) is 10. The van der Waals surface area contributed by atoms with Crippen molar-refractivity contribution in [2.24, 2.45) is 16.2 Å². The van der Waals surface area contributed by atoms with Crippen LogP contribution in [0.3, 0.4) is 0 Å². The first-order valence-corrected chi connectivity index (χ1v) is 12.9. The molecule has 1 atom stereocenters. The fraction of sp³-hybridized carbons (Fsp3) is 0.273. The Hall–Kier alpha value is -3.38. The van der Waals surface area contributed by atoms with Crippen molar-refractivity contribution in [3.05, 3.63) is 59.7 Å². The van der Waals surface area contributed by atoms with E-state index in [2.05, 4.69) is 10.3 Å². The second-order valence-electron chi connectivity index (χ2n) is 7.32. The molecule has 2 N–H and O–H groups in total. The van der Waals surface area contributed by atoms with Crippen LogP contribution >= 0.6 is 0 Å². The fourth-order valence-electron chi connectivity index (χ4n) is 2.93. The minimum Gasteiger partial charge on any atom is -0.411 e. The number of carbonyl (C=O) groups is 2. The third kappa shape index (κ3) is 7.06. The van der Waals surface area contributed by atoms with Gasteiger partial charge in [-0.25, -0.2) is 16.8 Å². The van der Waals surface area contributed by atoms with E-state index >= 15 is 0 Å². The molecule has 10 nitrogen and oxygen atoms in total. The van der Waals surface area contributed by atoms with Crippen molar-refractivity contribution in [2.75, 3.05) is 0 Å². The van der Waals surface area contributed by atoms with Gasteiger partial charge < -0.3 is 10.4 Å². The summed E-state index contributed by atoms with van der Waals surface area (Å²) < 4.78 is 50.9. The van der Waals surface area contributed by atoms with Gasteiger partial charge in [-0.3, -0.25) is 9.59 Å². The van der Waals surface area contributed by atoms with Gasteiger partial charge in [0.15, 0.2) is 30.0 Å². The Balaban J connectivity index is 0.000000852. The van der Waals surface area contributed by atoms with Gasteiger partial charge >= 0.3 is 0 Å². The van der Waals surface area contributed by atoms with Crippen molar-refractivity contribution >= 4 is 43.7 Å². The number of hydrogen-bond donors (Lipinski definition) is 2. The molecule has 0 fully saturated rings. The van der Waals surface area contributed by atoms with Crippen molar-refractivity contribution in [1.29, 1.82) is 0 Å². The highest BCUT2D eigenvalue weighted by atomic mass is 32.3. The number of ketones is 2. The first-order chi connectivity index (χ1) is 15.8. The van der Waals surface area contributed by atoms with Gasteiger partial charge in [0, 0.05) is 6.92 Å². The largest absolute Gasteiger partial charge is 0.411 e. The molecular weight excluding hydrogens is 484 g/mol. The van der Waals surface area contributed by atoms with Gasteiger partial charge in [-0.05, 0) is 38.1 Å². The second-order valence-corrected chi connectivity index (χ2v) is 11.8. The monoisotopic (exact) mass is 510 g/mol. The molecule has 2 aromatic rings. The average Bonchev–Trinajstić information content (AvgIpc) is 2.77. The predicted octanol–water partition coefficient (Wildman–Crippen LogP) is 2.58. The molecule has 2 aromatic carbocycles. The van der Waals surface area contributed by atoms with E-state index < -0.39 is 41.7 Å². The highest BCUT2D eigenvalue weighted by Gasteiger charge is 2.47.